The molecule has 0 N–H and O–H groups in total. The molecule has 3 nitrogen and oxygen atoms in total. The number of unbranched alkanes of at least 4 members (excludes halogenated alkanes) is 17. The topological polar surface area (TPSA) is 27.7 Å². The zero-order valence-corrected chi connectivity index (χ0v) is 21.8. The quantitative estimate of drug-likeness (QED) is 0.0976. The average Bonchev–Trinajstić information content (AvgIpc) is 2.76. The molecule has 0 aliphatic rings. The molecule has 4 heteroatoms. The van der Waals surface area contributed by atoms with Gasteiger partial charge in [-0.3, -0.25) is 0 Å². The Morgan fingerprint density at radius 3 is 0.833 bits per heavy atom. The largest absolute Gasteiger partial charge is 0.332 e. The van der Waals surface area contributed by atoms with E-state index in [1.54, 1.807) is 0 Å². The van der Waals surface area contributed by atoms with Crippen molar-refractivity contribution in [2.24, 2.45) is 0 Å². The molecule has 0 aromatic carbocycles. The summed E-state index contributed by atoms with van der Waals surface area (Å²) in [5, 5.41) is 0. The lowest BCUT2D eigenvalue weighted by Gasteiger charge is -2.17. The maximum atomic E-state index is 6.00. The normalized spacial score (nSPS) is 11.6. The van der Waals surface area contributed by atoms with E-state index in [1.807, 2.05) is 0 Å². The van der Waals surface area contributed by atoms with Gasteiger partial charge in [0.25, 0.3) is 0 Å². The van der Waals surface area contributed by atoms with Crippen LogP contribution in [0.4, 0.5) is 0 Å². The molecule has 0 rings (SSSR count). The summed E-state index contributed by atoms with van der Waals surface area (Å²) in [5.41, 5.74) is 0. The molecular formula is C26H55O3P. The molecule has 0 aromatic rings. The molecule has 0 bridgehead atoms. The minimum atomic E-state index is -1.15. The van der Waals surface area contributed by atoms with E-state index >= 15 is 0 Å². The SMILES string of the molecule is CCCCCCCCCCOP(OCCCCCCCC)OCCCCCCCC. The highest BCUT2D eigenvalue weighted by Gasteiger charge is 2.12. The van der Waals surface area contributed by atoms with Gasteiger partial charge >= 0.3 is 8.60 Å². The van der Waals surface area contributed by atoms with Crippen LogP contribution >= 0.6 is 8.60 Å². The van der Waals surface area contributed by atoms with E-state index < -0.39 is 8.60 Å². The molecule has 0 spiro atoms. The van der Waals surface area contributed by atoms with Gasteiger partial charge in [0.1, 0.15) is 0 Å². The van der Waals surface area contributed by atoms with Crippen LogP contribution in [0, 0.1) is 0 Å². The standard InChI is InChI=1S/C26H55O3P/c1-4-7-10-13-16-17-20-23-26-29-30(27-24-21-18-14-11-8-5-2)28-25-22-19-15-12-9-6-3/h4-26H2,1-3H3. The highest BCUT2D eigenvalue weighted by Crippen LogP contribution is 2.40. The highest BCUT2D eigenvalue weighted by molar-refractivity contribution is 7.41. The van der Waals surface area contributed by atoms with Gasteiger partial charge in [-0.05, 0) is 19.3 Å². The van der Waals surface area contributed by atoms with Crippen molar-refractivity contribution in [3.05, 3.63) is 0 Å². The average molecular weight is 447 g/mol. The van der Waals surface area contributed by atoms with Crippen LogP contribution in [0.1, 0.15) is 149 Å². The second-order valence-electron chi connectivity index (χ2n) is 8.73. The Kier molecular flexibility index (Phi) is 27.6. The third-order valence-corrected chi connectivity index (χ3v) is 6.76. The van der Waals surface area contributed by atoms with Crippen molar-refractivity contribution in [3.8, 4) is 0 Å². The number of hydrogen-bond acceptors (Lipinski definition) is 3. The lowest BCUT2D eigenvalue weighted by Crippen LogP contribution is -2.00. The summed E-state index contributed by atoms with van der Waals surface area (Å²) in [5.74, 6) is 0. The molecule has 0 radical (unpaired) electrons. The van der Waals surface area contributed by atoms with Crippen LogP contribution in [0.2, 0.25) is 0 Å². The van der Waals surface area contributed by atoms with Gasteiger partial charge in [-0.15, -0.1) is 0 Å². The molecule has 0 aliphatic heterocycles. The second kappa shape index (κ2) is 27.3. The molecule has 0 fully saturated rings. The van der Waals surface area contributed by atoms with Crippen molar-refractivity contribution in [2.45, 2.75) is 149 Å². The molecule has 0 aromatic heterocycles. The van der Waals surface area contributed by atoms with Gasteiger partial charge in [-0.25, -0.2) is 0 Å². The summed E-state index contributed by atoms with van der Waals surface area (Å²) in [4.78, 5) is 0. The van der Waals surface area contributed by atoms with Gasteiger partial charge in [0.05, 0.1) is 19.8 Å². The minimum Gasteiger partial charge on any atom is -0.312 e. The molecule has 0 saturated heterocycles. The third-order valence-electron chi connectivity index (χ3n) is 5.58. The van der Waals surface area contributed by atoms with Crippen molar-refractivity contribution >= 4 is 8.60 Å². The van der Waals surface area contributed by atoms with Crippen LogP contribution < -0.4 is 0 Å². The van der Waals surface area contributed by atoms with Crippen LogP contribution in [0.5, 0.6) is 0 Å². The predicted octanol–water partition coefficient (Wildman–Crippen LogP) is 10.1. The highest BCUT2D eigenvalue weighted by atomic mass is 31.2. The van der Waals surface area contributed by atoms with E-state index in [0.717, 1.165) is 39.1 Å². The molecule has 0 unspecified atom stereocenters. The zero-order chi connectivity index (χ0) is 22.0. The van der Waals surface area contributed by atoms with E-state index in [-0.39, 0.29) is 0 Å². The van der Waals surface area contributed by atoms with E-state index in [0.29, 0.717) is 0 Å². The molecule has 0 saturated carbocycles. The Labute approximate surface area is 191 Å². The van der Waals surface area contributed by atoms with Gasteiger partial charge in [-0.2, -0.15) is 0 Å². The predicted molar refractivity (Wildman–Crippen MR) is 134 cm³/mol. The molecule has 0 atom stereocenters. The summed E-state index contributed by atoms with van der Waals surface area (Å²) >= 11 is 0. The van der Waals surface area contributed by atoms with E-state index in [2.05, 4.69) is 20.8 Å². The van der Waals surface area contributed by atoms with Crippen molar-refractivity contribution in [1.29, 1.82) is 0 Å². The first-order valence-electron chi connectivity index (χ1n) is 13.5. The monoisotopic (exact) mass is 446 g/mol. The number of rotatable bonds is 26. The Hall–Kier alpha value is 0.310. The Balaban J connectivity index is 3.80. The van der Waals surface area contributed by atoms with Crippen molar-refractivity contribution in [2.75, 3.05) is 19.8 Å². The zero-order valence-electron chi connectivity index (χ0n) is 20.9. The van der Waals surface area contributed by atoms with E-state index in [1.165, 1.54) is 109 Å². The first-order valence-corrected chi connectivity index (χ1v) is 14.6. The molecule has 0 amide bonds. The maximum Gasteiger partial charge on any atom is 0.332 e. The molecular weight excluding hydrogens is 391 g/mol. The van der Waals surface area contributed by atoms with E-state index in [9.17, 15) is 0 Å². The number of hydrogen-bond donors (Lipinski definition) is 0. The fraction of sp³-hybridized carbons (Fsp3) is 1.00. The first-order chi connectivity index (χ1) is 14.8. The summed E-state index contributed by atoms with van der Waals surface area (Å²) in [6, 6.07) is 0. The molecule has 0 heterocycles. The van der Waals surface area contributed by atoms with Crippen LogP contribution in [0.15, 0.2) is 0 Å². The van der Waals surface area contributed by atoms with Crippen molar-refractivity contribution in [3.63, 3.8) is 0 Å². The van der Waals surface area contributed by atoms with Crippen molar-refractivity contribution < 1.29 is 13.6 Å². The second-order valence-corrected chi connectivity index (χ2v) is 9.96. The summed E-state index contributed by atoms with van der Waals surface area (Å²) < 4.78 is 18.0. The van der Waals surface area contributed by atoms with Gasteiger partial charge in [0.2, 0.25) is 0 Å². The summed E-state index contributed by atoms with van der Waals surface area (Å²) in [7, 11) is -1.15. The maximum absolute atomic E-state index is 6.00. The van der Waals surface area contributed by atoms with Crippen LogP contribution in [-0.4, -0.2) is 19.8 Å². The van der Waals surface area contributed by atoms with Gasteiger partial charge in [-0.1, -0.05) is 130 Å². The third kappa shape index (κ3) is 24.6. The fourth-order valence-corrected chi connectivity index (χ4v) is 4.59. The Morgan fingerprint density at radius 2 is 0.567 bits per heavy atom. The molecule has 30 heavy (non-hydrogen) atoms. The van der Waals surface area contributed by atoms with Gasteiger partial charge < -0.3 is 13.6 Å². The summed E-state index contributed by atoms with van der Waals surface area (Å²) in [6.45, 7) is 9.16. The lowest BCUT2D eigenvalue weighted by atomic mass is 10.1. The van der Waals surface area contributed by atoms with E-state index in [4.69, 9.17) is 13.6 Å². The van der Waals surface area contributed by atoms with Gasteiger partial charge in [0, 0.05) is 0 Å². The Bertz CT molecular complexity index is 284. The smallest absolute Gasteiger partial charge is 0.312 e. The molecule has 0 aliphatic carbocycles. The van der Waals surface area contributed by atoms with Crippen LogP contribution in [0.3, 0.4) is 0 Å². The van der Waals surface area contributed by atoms with Crippen LogP contribution in [-0.2, 0) is 13.6 Å². The minimum absolute atomic E-state index is 0.783. The van der Waals surface area contributed by atoms with Crippen molar-refractivity contribution in [1.82, 2.24) is 0 Å². The Morgan fingerprint density at radius 1 is 0.333 bits per heavy atom. The summed E-state index contributed by atoms with van der Waals surface area (Å²) in [6.07, 6.45) is 26.1. The van der Waals surface area contributed by atoms with Gasteiger partial charge in [0.15, 0.2) is 0 Å². The van der Waals surface area contributed by atoms with Crippen LogP contribution in [0.25, 0.3) is 0 Å². The first kappa shape index (κ1) is 30.3. The fourth-order valence-electron chi connectivity index (χ4n) is 3.53. The lowest BCUT2D eigenvalue weighted by molar-refractivity contribution is 0.153. The molecule has 182 valence electrons.